The Bertz CT molecular complexity index is 469. The maximum atomic E-state index is 11.8. The lowest BCUT2D eigenvalue weighted by atomic mass is 10.0. The molecule has 17 heavy (non-hydrogen) atoms. The number of hydrogen-bond donors (Lipinski definition) is 2. The topological polar surface area (TPSA) is 44.4 Å². The highest BCUT2D eigenvalue weighted by atomic mass is 16.2. The largest absolute Gasteiger partial charge is 0.367 e. The van der Waals surface area contributed by atoms with Crippen LogP contribution in [0.25, 0.3) is 0 Å². The third-order valence-corrected chi connectivity index (χ3v) is 3.24. The molecule has 1 fully saturated rings. The highest BCUT2D eigenvalue weighted by Gasteiger charge is 2.37. The smallest absolute Gasteiger partial charge is 0.264 e. The molecule has 0 aliphatic carbocycles. The van der Waals surface area contributed by atoms with Crippen molar-refractivity contribution in [1.82, 2.24) is 15.8 Å². The first-order chi connectivity index (χ1) is 8.24. The fourth-order valence-electron chi connectivity index (χ4n) is 2.44. The quantitative estimate of drug-likeness (QED) is 0.763. The van der Waals surface area contributed by atoms with Crippen LogP contribution in [-0.4, -0.2) is 17.1 Å². The van der Waals surface area contributed by atoms with E-state index in [4.69, 9.17) is 0 Å². The molecule has 88 valence electrons. The molecule has 0 spiro atoms. The monoisotopic (exact) mass is 229 g/mol. The van der Waals surface area contributed by atoms with Crippen LogP contribution in [0.5, 0.6) is 0 Å². The summed E-state index contributed by atoms with van der Waals surface area (Å²) in [6, 6.07) is 10.4. The van der Waals surface area contributed by atoms with E-state index in [0.29, 0.717) is 0 Å². The number of carbonyl (C=O) groups excluding carboxylic acids is 1. The number of nitrogens with one attached hydrogen (secondary N) is 2. The van der Waals surface area contributed by atoms with E-state index in [1.54, 1.807) is 11.1 Å². The third-order valence-electron chi connectivity index (χ3n) is 3.24. The molecule has 1 aromatic carbocycles. The summed E-state index contributed by atoms with van der Waals surface area (Å²) in [5.41, 5.74) is 5.41. The number of fused-ring (bicyclic) bond motifs is 1. The SMILES string of the molecule is CC1=CC(=O)N2NC(c3ccccc3)CC2N1. The molecule has 2 N–H and O–H groups in total. The van der Waals surface area contributed by atoms with Gasteiger partial charge in [-0.25, -0.2) is 5.43 Å². The minimum absolute atomic E-state index is 0.0321. The van der Waals surface area contributed by atoms with E-state index in [2.05, 4.69) is 22.9 Å². The summed E-state index contributed by atoms with van der Waals surface area (Å²) < 4.78 is 0. The Kier molecular flexibility index (Phi) is 2.37. The first-order valence-corrected chi connectivity index (χ1v) is 5.83. The van der Waals surface area contributed by atoms with Crippen molar-refractivity contribution in [2.24, 2.45) is 0 Å². The molecule has 0 radical (unpaired) electrons. The molecule has 0 aromatic heterocycles. The average molecular weight is 229 g/mol. The van der Waals surface area contributed by atoms with Crippen LogP contribution in [0.1, 0.15) is 24.9 Å². The van der Waals surface area contributed by atoms with E-state index in [1.807, 2.05) is 25.1 Å². The fraction of sp³-hybridized carbons (Fsp3) is 0.308. The van der Waals surface area contributed by atoms with Crippen molar-refractivity contribution in [3.8, 4) is 0 Å². The maximum absolute atomic E-state index is 11.8. The molecule has 4 heteroatoms. The molecular formula is C13H15N3O. The summed E-state index contributed by atoms with van der Waals surface area (Å²) >= 11 is 0. The van der Waals surface area contributed by atoms with E-state index in [0.717, 1.165) is 12.1 Å². The van der Waals surface area contributed by atoms with Gasteiger partial charge in [0.05, 0.1) is 6.04 Å². The van der Waals surface area contributed by atoms with Crippen LogP contribution < -0.4 is 10.7 Å². The van der Waals surface area contributed by atoms with Crippen molar-refractivity contribution < 1.29 is 4.79 Å². The van der Waals surface area contributed by atoms with E-state index < -0.39 is 0 Å². The zero-order chi connectivity index (χ0) is 11.8. The predicted octanol–water partition coefficient (Wildman–Crippen LogP) is 1.30. The second-order valence-corrected chi connectivity index (χ2v) is 4.52. The summed E-state index contributed by atoms with van der Waals surface area (Å²) in [4.78, 5) is 11.8. The van der Waals surface area contributed by atoms with Gasteiger partial charge in [0.2, 0.25) is 0 Å². The van der Waals surface area contributed by atoms with Gasteiger partial charge in [0.25, 0.3) is 5.91 Å². The van der Waals surface area contributed by atoms with Gasteiger partial charge >= 0.3 is 0 Å². The van der Waals surface area contributed by atoms with Crippen LogP contribution >= 0.6 is 0 Å². The number of nitrogens with zero attached hydrogens (tertiary/aromatic N) is 1. The summed E-state index contributed by atoms with van der Waals surface area (Å²) in [6.45, 7) is 1.92. The highest BCUT2D eigenvalue weighted by molar-refractivity contribution is 5.89. The van der Waals surface area contributed by atoms with Crippen molar-refractivity contribution in [2.45, 2.75) is 25.6 Å². The molecule has 3 rings (SSSR count). The lowest BCUT2D eigenvalue weighted by Crippen LogP contribution is -2.51. The van der Waals surface area contributed by atoms with Gasteiger partial charge < -0.3 is 5.32 Å². The molecular weight excluding hydrogens is 214 g/mol. The predicted molar refractivity (Wildman–Crippen MR) is 64.5 cm³/mol. The Morgan fingerprint density at radius 2 is 2.06 bits per heavy atom. The zero-order valence-corrected chi connectivity index (χ0v) is 9.68. The summed E-state index contributed by atoms with van der Waals surface area (Å²) in [6.07, 6.45) is 2.58. The van der Waals surface area contributed by atoms with Gasteiger partial charge in [0, 0.05) is 18.2 Å². The number of rotatable bonds is 1. The Hall–Kier alpha value is -1.81. The maximum Gasteiger partial charge on any atom is 0.264 e. The van der Waals surface area contributed by atoms with Crippen molar-refractivity contribution in [1.29, 1.82) is 0 Å². The van der Waals surface area contributed by atoms with Gasteiger partial charge in [0.1, 0.15) is 6.17 Å². The minimum Gasteiger partial charge on any atom is -0.367 e. The van der Waals surface area contributed by atoms with Crippen molar-refractivity contribution in [3.63, 3.8) is 0 Å². The first kappa shape index (κ1) is 10.4. The number of amides is 1. The molecule has 2 aliphatic heterocycles. The Balaban J connectivity index is 1.81. The third kappa shape index (κ3) is 1.80. The molecule has 1 aromatic rings. The second kappa shape index (κ2) is 3.89. The Morgan fingerprint density at radius 3 is 2.82 bits per heavy atom. The molecule has 1 amide bonds. The molecule has 0 bridgehead atoms. The second-order valence-electron chi connectivity index (χ2n) is 4.52. The molecule has 2 heterocycles. The summed E-state index contributed by atoms with van der Waals surface area (Å²) in [5.74, 6) is 0.0321. The van der Waals surface area contributed by atoms with Crippen LogP contribution in [0.2, 0.25) is 0 Å². The molecule has 2 unspecified atom stereocenters. The van der Waals surface area contributed by atoms with Crippen LogP contribution in [0, 0.1) is 0 Å². The fourth-order valence-corrected chi connectivity index (χ4v) is 2.44. The van der Waals surface area contributed by atoms with Crippen molar-refractivity contribution >= 4 is 5.91 Å². The van der Waals surface area contributed by atoms with Crippen molar-refractivity contribution in [2.75, 3.05) is 0 Å². The number of hydrazine groups is 1. The van der Waals surface area contributed by atoms with E-state index in [1.165, 1.54) is 5.56 Å². The van der Waals surface area contributed by atoms with Gasteiger partial charge in [-0.1, -0.05) is 30.3 Å². The zero-order valence-electron chi connectivity index (χ0n) is 9.68. The van der Waals surface area contributed by atoms with Gasteiger partial charge in [-0.05, 0) is 12.5 Å². The van der Waals surface area contributed by atoms with Crippen LogP contribution in [0.4, 0.5) is 0 Å². The molecule has 1 saturated heterocycles. The summed E-state index contributed by atoms with van der Waals surface area (Å²) in [5, 5.41) is 5.00. The van der Waals surface area contributed by atoms with E-state index in [-0.39, 0.29) is 18.1 Å². The normalized spacial score (nSPS) is 27.5. The molecule has 2 aliphatic rings. The summed E-state index contributed by atoms with van der Waals surface area (Å²) in [7, 11) is 0. The Labute approximate surface area is 100 Å². The van der Waals surface area contributed by atoms with Gasteiger partial charge in [0.15, 0.2) is 0 Å². The van der Waals surface area contributed by atoms with Gasteiger partial charge in [-0.2, -0.15) is 0 Å². The standard InChI is InChI=1S/C13H15N3O/c1-9-7-13(17)16-12(14-9)8-11(15-16)10-5-3-2-4-6-10/h2-7,11-12,14-15H,8H2,1H3. The molecule has 2 atom stereocenters. The van der Waals surface area contributed by atoms with E-state index >= 15 is 0 Å². The van der Waals surface area contributed by atoms with Gasteiger partial charge in [-0.15, -0.1) is 0 Å². The number of allylic oxidation sites excluding steroid dienone is 1. The molecule has 0 saturated carbocycles. The minimum atomic E-state index is 0.0321. The number of carbonyl (C=O) groups is 1. The first-order valence-electron chi connectivity index (χ1n) is 5.83. The van der Waals surface area contributed by atoms with Crippen LogP contribution in [0.15, 0.2) is 42.1 Å². The average Bonchev–Trinajstić information content (AvgIpc) is 2.74. The number of hydrogen-bond acceptors (Lipinski definition) is 3. The van der Waals surface area contributed by atoms with Crippen LogP contribution in [-0.2, 0) is 4.79 Å². The lowest BCUT2D eigenvalue weighted by molar-refractivity contribution is -0.131. The Morgan fingerprint density at radius 1 is 1.29 bits per heavy atom. The van der Waals surface area contributed by atoms with Crippen molar-refractivity contribution in [3.05, 3.63) is 47.7 Å². The number of benzene rings is 1. The van der Waals surface area contributed by atoms with E-state index in [9.17, 15) is 4.79 Å². The lowest BCUT2D eigenvalue weighted by Gasteiger charge is -2.28. The molecule has 4 nitrogen and oxygen atoms in total. The van der Waals surface area contributed by atoms with Crippen LogP contribution in [0.3, 0.4) is 0 Å². The highest BCUT2D eigenvalue weighted by Crippen LogP contribution is 2.28. The van der Waals surface area contributed by atoms with Gasteiger partial charge in [-0.3, -0.25) is 9.80 Å².